The largest absolute Gasteiger partial charge is 0.507 e. The second-order valence-corrected chi connectivity index (χ2v) is 5.71. The number of nitrogens with one attached hydrogen (secondary N) is 1. The van der Waals surface area contributed by atoms with Crippen LogP contribution in [-0.2, 0) is 14.3 Å². The van der Waals surface area contributed by atoms with Gasteiger partial charge in [-0.25, -0.2) is 9.59 Å². The first-order valence-electron chi connectivity index (χ1n) is 7.25. The third kappa shape index (κ3) is 6.15. The van der Waals surface area contributed by atoms with E-state index in [1.807, 2.05) is 30.3 Å². The van der Waals surface area contributed by atoms with Crippen molar-refractivity contribution in [3.63, 3.8) is 0 Å². The Morgan fingerprint density at radius 2 is 1.72 bits per heavy atom. The molecule has 0 aliphatic carbocycles. The molecule has 0 spiro atoms. The van der Waals surface area contributed by atoms with E-state index in [0.717, 1.165) is 11.0 Å². The van der Waals surface area contributed by atoms with Gasteiger partial charge in [0, 0.05) is 11.0 Å². The Kier molecular flexibility index (Phi) is 6.79. The number of aromatic hydroxyl groups is 1. The third-order valence-electron chi connectivity index (χ3n) is 2.91. The fourth-order valence-electron chi connectivity index (χ4n) is 1.76. The summed E-state index contributed by atoms with van der Waals surface area (Å²) in [5.74, 6) is -2.57. The van der Waals surface area contributed by atoms with Crippen molar-refractivity contribution in [1.29, 1.82) is 0 Å². The zero-order chi connectivity index (χ0) is 18.1. The number of amides is 1. The molecule has 0 heterocycles. The van der Waals surface area contributed by atoms with Crippen LogP contribution in [0.4, 0.5) is 0 Å². The molecule has 2 aromatic rings. The first-order chi connectivity index (χ1) is 12.1. The molecule has 0 fully saturated rings. The molecule has 7 heteroatoms. The Labute approximate surface area is 148 Å². The zero-order valence-corrected chi connectivity index (χ0v) is 13.9. The lowest BCUT2D eigenvalue weighted by molar-refractivity contribution is -0.155. The average molecular weight is 357 g/mol. The van der Waals surface area contributed by atoms with E-state index in [4.69, 9.17) is 0 Å². The average Bonchev–Trinajstić information content (AvgIpc) is 2.61. The van der Waals surface area contributed by atoms with Gasteiger partial charge in [0.15, 0.2) is 0 Å². The molecule has 0 aromatic heterocycles. The Morgan fingerprint density at radius 1 is 1.04 bits per heavy atom. The molecule has 0 saturated carbocycles. The minimum Gasteiger partial charge on any atom is -0.507 e. The van der Waals surface area contributed by atoms with Gasteiger partial charge in [-0.05, 0) is 29.7 Å². The molecular weight excluding hydrogens is 342 g/mol. The predicted octanol–water partition coefficient (Wildman–Crippen LogP) is 2.50. The minimum atomic E-state index is -0.900. The monoisotopic (exact) mass is 357 g/mol. The number of benzene rings is 2. The van der Waals surface area contributed by atoms with Gasteiger partial charge < -0.3 is 15.2 Å². The van der Waals surface area contributed by atoms with Crippen molar-refractivity contribution in [3.8, 4) is 5.75 Å². The molecule has 0 radical (unpaired) electrons. The van der Waals surface area contributed by atoms with Gasteiger partial charge in [0.1, 0.15) is 12.3 Å². The number of thioether (sulfide) groups is 1. The molecule has 25 heavy (non-hydrogen) atoms. The number of para-hydroxylation sites is 1. The second-order valence-electron chi connectivity index (χ2n) is 4.73. The van der Waals surface area contributed by atoms with Gasteiger partial charge in [-0.15, -0.1) is 0 Å². The smallest absolute Gasteiger partial charge is 0.338 e. The van der Waals surface area contributed by atoms with Crippen molar-refractivity contribution in [2.24, 2.45) is 0 Å². The maximum atomic E-state index is 11.8. The number of rotatable bonds is 6. The maximum Gasteiger partial charge on any atom is 0.338 e. The standard InChI is InChI=1S/C18H15NO5S/c20-15-9-5-4-8-14(15)18(23)19-12-17(22)24-16(21)10-11-25-13-6-2-1-3-7-13/h1-11,20H,12H2,(H,19,23). The molecule has 0 saturated heterocycles. The van der Waals surface area contributed by atoms with Crippen LogP contribution < -0.4 is 5.32 Å². The van der Waals surface area contributed by atoms with Crippen LogP contribution in [0.25, 0.3) is 0 Å². The van der Waals surface area contributed by atoms with Crippen LogP contribution >= 0.6 is 11.8 Å². The quantitative estimate of drug-likeness (QED) is 0.357. The molecule has 2 N–H and O–H groups in total. The van der Waals surface area contributed by atoms with Crippen LogP contribution in [0.3, 0.4) is 0 Å². The lowest BCUT2D eigenvalue weighted by Gasteiger charge is -2.05. The topological polar surface area (TPSA) is 92.7 Å². The molecule has 0 aliphatic rings. The van der Waals surface area contributed by atoms with E-state index in [-0.39, 0.29) is 11.3 Å². The Bertz CT molecular complexity index is 789. The fraction of sp³-hybridized carbons (Fsp3) is 0.0556. The van der Waals surface area contributed by atoms with Gasteiger partial charge >= 0.3 is 11.9 Å². The first kappa shape index (κ1) is 18.3. The molecule has 2 rings (SSSR count). The third-order valence-corrected chi connectivity index (χ3v) is 3.72. The number of hydrogen-bond donors (Lipinski definition) is 2. The van der Waals surface area contributed by atoms with Crippen LogP contribution in [0, 0.1) is 0 Å². The van der Waals surface area contributed by atoms with E-state index >= 15 is 0 Å². The highest BCUT2D eigenvalue weighted by molar-refractivity contribution is 8.02. The zero-order valence-electron chi connectivity index (χ0n) is 13.0. The van der Waals surface area contributed by atoms with Crippen molar-refractivity contribution in [1.82, 2.24) is 5.32 Å². The van der Waals surface area contributed by atoms with E-state index < -0.39 is 24.4 Å². The van der Waals surface area contributed by atoms with Gasteiger partial charge in [-0.3, -0.25) is 4.79 Å². The van der Waals surface area contributed by atoms with Crippen LogP contribution in [0.15, 0.2) is 71.0 Å². The molecule has 1 amide bonds. The summed E-state index contributed by atoms with van der Waals surface area (Å²) in [7, 11) is 0. The molecule has 128 valence electrons. The summed E-state index contributed by atoms with van der Waals surface area (Å²) in [6.07, 6.45) is 1.13. The summed E-state index contributed by atoms with van der Waals surface area (Å²) < 4.78 is 4.55. The molecule has 0 unspecified atom stereocenters. The van der Waals surface area contributed by atoms with Crippen LogP contribution in [-0.4, -0.2) is 29.5 Å². The van der Waals surface area contributed by atoms with Gasteiger partial charge in [0.05, 0.1) is 5.56 Å². The highest BCUT2D eigenvalue weighted by Crippen LogP contribution is 2.18. The van der Waals surface area contributed by atoms with Gasteiger partial charge in [0.25, 0.3) is 5.91 Å². The molecule has 6 nitrogen and oxygen atoms in total. The van der Waals surface area contributed by atoms with Crippen molar-refractivity contribution < 1.29 is 24.2 Å². The van der Waals surface area contributed by atoms with Crippen LogP contribution in [0.5, 0.6) is 5.75 Å². The van der Waals surface area contributed by atoms with Gasteiger partial charge in [0.2, 0.25) is 0 Å². The van der Waals surface area contributed by atoms with Crippen molar-refractivity contribution in [2.75, 3.05) is 6.54 Å². The van der Waals surface area contributed by atoms with E-state index in [1.54, 1.807) is 12.1 Å². The fourth-order valence-corrected chi connectivity index (χ4v) is 2.41. The number of phenolic OH excluding ortho intramolecular Hbond substituents is 1. The lowest BCUT2D eigenvalue weighted by atomic mass is 10.2. The summed E-state index contributed by atoms with van der Waals surface area (Å²) >= 11 is 1.30. The van der Waals surface area contributed by atoms with Crippen molar-refractivity contribution in [2.45, 2.75) is 4.90 Å². The normalized spacial score (nSPS) is 10.4. The highest BCUT2D eigenvalue weighted by Gasteiger charge is 2.13. The first-order valence-corrected chi connectivity index (χ1v) is 8.13. The number of esters is 2. The predicted molar refractivity (Wildman–Crippen MR) is 93.0 cm³/mol. The number of ether oxygens (including phenoxy) is 1. The van der Waals surface area contributed by atoms with E-state index in [1.165, 1.54) is 29.3 Å². The summed E-state index contributed by atoms with van der Waals surface area (Å²) in [4.78, 5) is 35.8. The van der Waals surface area contributed by atoms with Crippen LogP contribution in [0.2, 0.25) is 0 Å². The van der Waals surface area contributed by atoms with E-state index in [0.29, 0.717) is 0 Å². The lowest BCUT2D eigenvalue weighted by Crippen LogP contribution is -2.31. The number of phenols is 1. The van der Waals surface area contributed by atoms with Gasteiger partial charge in [-0.1, -0.05) is 42.1 Å². The Morgan fingerprint density at radius 3 is 2.44 bits per heavy atom. The Balaban J connectivity index is 1.75. The summed E-state index contributed by atoms with van der Waals surface area (Å²) in [5, 5.41) is 13.3. The van der Waals surface area contributed by atoms with Crippen LogP contribution in [0.1, 0.15) is 10.4 Å². The molecule has 0 atom stereocenters. The van der Waals surface area contributed by atoms with Crippen molar-refractivity contribution >= 4 is 29.6 Å². The number of hydrogen-bond acceptors (Lipinski definition) is 6. The van der Waals surface area contributed by atoms with Crippen molar-refractivity contribution in [3.05, 3.63) is 71.6 Å². The summed E-state index contributed by atoms with van der Waals surface area (Å²) in [5.41, 5.74) is 0.0285. The second kappa shape index (κ2) is 9.29. The number of carbonyl (C=O) groups excluding carboxylic acids is 3. The molecule has 0 aliphatic heterocycles. The highest BCUT2D eigenvalue weighted by atomic mass is 32.2. The number of carbonyl (C=O) groups is 3. The van der Waals surface area contributed by atoms with E-state index in [2.05, 4.69) is 10.1 Å². The summed E-state index contributed by atoms with van der Waals surface area (Å²) in [6, 6.07) is 15.3. The Hall–Kier alpha value is -3.06. The molecular formula is C18H15NO5S. The summed E-state index contributed by atoms with van der Waals surface area (Å²) in [6.45, 7) is -0.488. The molecule has 2 aromatic carbocycles. The molecule has 0 bridgehead atoms. The van der Waals surface area contributed by atoms with E-state index in [9.17, 15) is 19.5 Å². The minimum absolute atomic E-state index is 0.0285. The SMILES string of the molecule is O=C(C=CSc1ccccc1)OC(=O)CNC(=O)c1ccccc1O. The van der Waals surface area contributed by atoms with Gasteiger partial charge in [-0.2, -0.15) is 0 Å². The maximum absolute atomic E-state index is 11.8.